The Labute approximate surface area is 98.7 Å². The van der Waals surface area contributed by atoms with E-state index >= 15 is 0 Å². The van der Waals surface area contributed by atoms with E-state index in [0.717, 1.165) is 12.2 Å². The fourth-order valence-electron chi connectivity index (χ4n) is 2.11. The summed E-state index contributed by atoms with van der Waals surface area (Å²) in [7, 11) is 0. The Balaban J connectivity index is 2.07. The average Bonchev–Trinajstić information content (AvgIpc) is 2.97. The molecule has 3 heteroatoms. The van der Waals surface area contributed by atoms with Crippen LogP contribution >= 0.6 is 11.3 Å². The monoisotopic (exact) mass is 231 g/mol. The first kappa shape index (κ1) is 9.87. The largest absolute Gasteiger partial charge is 0.488 e. The standard InChI is InChI=1S/C13H13NOS/c14-7-11-6-9-2-1-3-12(13(9)15-11)10-4-5-16-8-10/h1-5,8,11H,6-7,14H2/t11-/m1/s1. The lowest BCUT2D eigenvalue weighted by molar-refractivity contribution is 0.242. The second-order valence-electron chi connectivity index (χ2n) is 3.99. The van der Waals surface area contributed by atoms with E-state index in [4.69, 9.17) is 10.5 Å². The lowest BCUT2D eigenvalue weighted by Crippen LogP contribution is -2.24. The topological polar surface area (TPSA) is 35.2 Å². The molecular formula is C13H13NOS. The second kappa shape index (κ2) is 3.92. The van der Waals surface area contributed by atoms with E-state index in [2.05, 4.69) is 35.0 Å². The van der Waals surface area contributed by atoms with Gasteiger partial charge in [0, 0.05) is 18.5 Å². The summed E-state index contributed by atoms with van der Waals surface area (Å²) < 4.78 is 5.89. The van der Waals surface area contributed by atoms with Crippen LogP contribution in [-0.4, -0.2) is 12.6 Å². The number of hydrogen-bond donors (Lipinski definition) is 1. The Kier molecular flexibility index (Phi) is 2.42. The summed E-state index contributed by atoms with van der Waals surface area (Å²) in [5.74, 6) is 1.02. The fourth-order valence-corrected chi connectivity index (χ4v) is 2.77. The molecule has 0 saturated carbocycles. The Morgan fingerprint density at radius 2 is 2.31 bits per heavy atom. The number of ether oxygens (including phenoxy) is 1. The summed E-state index contributed by atoms with van der Waals surface area (Å²) in [6.07, 6.45) is 1.08. The third-order valence-corrected chi connectivity index (χ3v) is 3.61. The first-order valence-corrected chi connectivity index (χ1v) is 6.34. The molecule has 0 radical (unpaired) electrons. The lowest BCUT2D eigenvalue weighted by atomic mass is 10.0. The summed E-state index contributed by atoms with van der Waals surface area (Å²) in [4.78, 5) is 0. The molecule has 0 aliphatic carbocycles. The predicted molar refractivity (Wildman–Crippen MR) is 66.9 cm³/mol. The minimum Gasteiger partial charge on any atom is -0.488 e. The van der Waals surface area contributed by atoms with E-state index in [0.29, 0.717) is 6.54 Å². The summed E-state index contributed by atoms with van der Waals surface area (Å²) >= 11 is 1.71. The van der Waals surface area contributed by atoms with Crippen LogP contribution in [0.2, 0.25) is 0 Å². The molecule has 0 amide bonds. The SMILES string of the molecule is NC[C@H]1Cc2cccc(-c3ccsc3)c2O1. The highest BCUT2D eigenvalue weighted by Gasteiger charge is 2.24. The van der Waals surface area contributed by atoms with E-state index < -0.39 is 0 Å². The molecule has 2 aromatic rings. The number of hydrogen-bond acceptors (Lipinski definition) is 3. The predicted octanol–water partition coefficient (Wildman–Crippen LogP) is 2.68. The summed E-state index contributed by atoms with van der Waals surface area (Å²) in [6.45, 7) is 0.581. The van der Waals surface area contributed by atoms with Crippen molar-refractivity contribution in [1.82, 2.24) is 0 Å². The first-order chi connectivity index (χ1) is 7.88. The van der Waals surface area contributed by atoms with Crippen molar-refractivity contribution in [2.45, 2.75) is 12.5 Å². The number of rotatable bonds is 2. The van der Waals surface area contributed by atoms with Crippen molar-refractivity contribution in [3.63, 3.8) is 0 Å². The van der Waals surface area contributed by atoms with Gasteiger partial charge in [-0.05, 0) is 28.0 Å². The van der Waals surface area contributed by atoms with Crippen LogP contribution in [0.25, 0.3) is 11.1 Å². The lowest BCUT2D eigenvalue weighted by Gasteiger charge is -2.09. The normalized spacial score (nSPS) is 18.2. The molecule has 82 valence electrons. The maximum Gasteiger partial charge on any atom is 0.130 e. The number of nitrogens with two attached hydrogens (primary N) is 1. The van der Waals surface area contributed by atoms with E-state index in [-0.39, 0.29) is 6.10 Å². The van der Waals surface area contributed by atoms with Gasteiger partial charge in [0.25, 0.3) is 0 Å². The molecule has 0 saturated heterocycles. The van der Waals surface area contributed by atoms with Gasteiger partial charge in [-0.25, -0.2) is 0 Å². The molecule has 1 aliphatic rings. The van der Waals surface area contributed by atoms with Crippen LogP contribution in [0.1, 0.15) is 5.56 Å². The van der Waals surface area contributed by atoms with Crippen molar-refractivity contribution in [3.8, 4) is 16.9 Å². The molecule has 1 atom stereocenters. The van der Waals surface area contributed by atoms with Crippen molar-refractivity contribution in [2.24, 2.45) is 5.73 Å². The van der Waals surface area contributed by atoms with Crippen LogP contribution < -0.4 is 10.5 Å². The van der Waals surface area contributed by atoms with Crippen LogP contribution in [0.4, 0.5) is 0 Å². The van der Waals surface area contributed by atoms with Gasteiger partial charge in [-0.15, -0.1) is 0 Å². The third kappa shape index (κ3) is 1.52. The molecule has 1 aromatic carbocycles. The van der Waals surface area contributed by atoms with Gasteiger partial charge in [-0.2, -0.15) is 11.3 Å². The van der Waals surface area contributed by atoms with Gasteiger partial charge < -0.3 is 10.5 Å². The third-order valence-electron chi connectivity index (χ3n) is 2.92. The van der Waals surface area contributed by atoms with Crippen molar-refractivity contribution in [3.05, 3.63) is 40.6 Å². The highest BCUT2D eigenvalue weighted by molar-refractivity contribution is 7.08. The Hall–Kier alpha value is -1.32. The highest BCUT2D eigenvalue weighted by atomic mass is 32.1. The quantitative estimate of drug-likeness (QED) is 0.862. The second-order valence-corrected chi connectivity index (χ2v) is 4.77. The van der Waals surface area contributed by atoms with E-state index in [1.165, 1.54) is 16.7 Å². The molecule has 2 heterocycles. The smallest absolute Gasteiger partial charge is 0.130 e. The van der Waals surface area contributed by atoms with Gasteiger partial charge >= 0.3 is 0 Å². The van der Waals surface area contributed by atoms with Crippen molar-refractivity contribution >= 4 is 11.3 Å². The Bertz CT molecular complexity index is 493. The molecular weight excluding hydrogens is 218 g/mol. The van der Waals surface area contributed by atoms with Gasteiger partial charge in [0.1, 0.15) is 11.9 Å². The summed E-state index contributed by atoms with van der Waals surface area (Å²) in [5.41, 5.74) is 9.36. The van der Waals surface area contributed by atoms with Gasteiger partial charge in [0.05, 0.1) is 0 Å². The number of benzene rings is 1. The molecule has 1 aromatic heterocycles. The maximum absolute atomic E-state index is 5.89. The molecule has 1 aliphatic heterocycles. The molecule has 0 bridgehead atoms. The number of fused-ring (bicyclic) bond motifs is 1. The van der Waals surface area contributed by atoms with Crippen LogP contribution in [0.15, 0.2) is 35.0 Å². The molecule has 0 unspecified atom stereocenters. The number of para-hydroxylation sites is 1. The minimum atomic E-state index is 0.148. The Morgan fingerprint density at radius 1 is 1.38 bits per heavy atom. The fraction of sp³-hybridized carbons (Fsp3) is 0.231. The molecule has 0 fully saturated rings. The van der Waals surface area contributed by atoms with Gasteiger partial charge in [-0.3, -0.25) is 0 Å². The molecule has 16 heavy (non-hydrogen) atoms. The molecule has 3 rings (SSSR count). The zero-order chi connectivity index (χ0) is 11.0. The summed E-state index contributed by atoms with van der Waals surface area (Å²) in [5, 5.41) is 4.23. The van der Waals surface area contributed by atoms with Gasteiger partial charge in [0.15, 0.2) is 0 Å². The van der Waals surface area contributed by atoms with Gasteiger partial charge in [0.2, 0.25) is 0 Å². The van der Waals surface area contributed by atoms with Crippen molar-refractivity contribution in [1.29, 1.82) is 0 Å². The van der Waals surface area contributed by atoms with Crippen molar-refractivity contribution in [2.75, 3.05) is 6.54 Å². The number of thiophene rings is 1. The van der Waals surface area contributed by atoms with Gasteiger partial charge in [-0.1, -0.05) is 18.2 Å². The van der Waals surface area contributed by atoms with E-state index in [9.17, 15) is 0 Å². The maximum atomic E-state index is 5.89. The summed E-state index contributed by atoms with van der Waals surface area (Å²) in [6, 6.07) is 8.45. The van der Waals surface area contributed by atoms with E-state index in [1.807, 2.05) is 0 Å². The van der Waals surface area contributed by atoms with Crippen LogP contribution in [0.5, 0.6) is 5.75 Å². The first-order valence-electron chi connectivity index (χ1n) is 5.39. The van der Waals surface area contributed by atoms with Crippen LogP contribution in [0, 0.1) is 0 Å². The molecule has 2 nitrogen and oxygen atoms in total. The average molecular weight is 231 g/mol. The van der Waals surface area contributed by atoms with Crippen LogP contribution in [-0.2, 0) is 6.42 Å². The molecule has 2 N–H and O–H groups in total. The zero-order valence-electron chi connectivity index (χ0n) is 8.85. The minimum absolute atomic E-state index is 0.148. The van der Waals surface area contributed by atoms with Crippen LogP contribution in [0.3, 0.4) is 0 Å². The zero-order valence-corrected chi connectivity index (χ0v) is 9.67. The van der Waals surface area contributed by atoms with E-state index in [1.54, 1.807) is 11.3 Å². The highest BCUT2D eigenvalue weighted by Crippen LogP contribution is 2.39. The Morgan fingerprint density at radius 3 is 3.06 bits per heavy atom. The van der Waals surface area contributed by atoms with Crippen molar-refractivity contribution < 1.29 is 4.74 Å². The molecule has 0 spiro atoms.